The van der Waals surface area contributed by atoms with Gasteiger partial charge in [0.05, 0.1) is 12.0 Å². The maximum absolute atomic E-state index is 13.1. The summed E-state index contributed by atoms with van der Waals surface area (Å²) in [4.78, 5) is 29.6. The first kappa shape index (κ1) is 20.2. The number of carbonyl (C=O) groups excluding carboxylic acids is 2. The lowest BCUT2D eigenvalue weighted by Gasteiger charge is -2.24. The lowest BCUT2D eigenvalue weighted by atomic mass is 9.75. The van der Waals surface area contributed by atoms with Gasteiger partial charge < -0.3 is 10.1 Å². The Labute approximate surface area is 186 Å². The average Bonchev–Trinajstić information content (AvgIpc) is 3.49. The van der Waals surface area contributed by atoms with Gasteiger partial charge in [0.2, 0.25) is 0 Å². The molecule has 5 rings (SSSR count). The van der Waals surface area contributed by atoms with Gasteiger partial charge in [0.15, 0.2) is 6.04 Å². The number of esters is 1. The first-order valence-electron chi connectivity index (χ1n) is 10.7. The predicted octanol–water partition coefficient (Wildman–Crippen LogP) is 3.56. The number of amides is 1. The number of fused-ring (bicyclic) bond motifs is 1. The SMILES string of the molecule is C=C1CC2COC(=O)C2(Cc2ccc(NC(=O)C(c3ccccc3)n3cncn3)cc2)C1. The number of aromatic nitrogens is 3. The number of hydrogen-bond donors (Lipinski definition) is 1. The van der Waals surface area contributed by atoms with E-state index in [1.807, 2.05) is 54.6 Å². The second-order valence-corrected chi connectivity index (χ2v) is 8.63. The Morgan fingerprint density at radius 2 is 2.00 bits per heavy atom. The lowest BCUT2D eigenvalue weighted by molar-refractivity contribution is -0.146. The molecule has 2 aliphatic rings. The maximum atomic E-state index is 13.1. The van der Waals surface area contributed by atoms with Crippen LogP contribution in [0, 0.1) is 11.3 Å². The average molecular weight is 428 g/mol. The van der Waals surface area contributed by atoms with Crippen molar-refractivity contribution in [2.45, 2.75) is 25.3 Å². The van der Waals surface area contributed by atoms with Crippen molar-refractivity contribution in [2.75, 3.05) is 11.9 Å². The second-order valence-electron chi connectivity index (χ2n) is 8.63. The molecular formula is C25H24N4O3. The molecule has 2 heterocycles. The fourth-order valence-corrected chi connectivity index (χ4v) is 4.95. The number of hydrogen-bond acceptors (Lipinski definition) is 5. The molecule has 2 fully saturated rings. The molecular weight excluding hydrogens is 404 g/mol. The molecule has 0 radical (unpaired) electrons. The van der Waals surface area contributed by atoms with Crippen molar-refractivity contribution in [1.82, 2.24) is 14.8 Å². The smallest absolute Gasteiger partial charge is 0.313 e. The summed E-state index contributed by atoms with van der Waals surface area (Å²) in [5.41, 5.74) is 3.16. The summed E-state index contributed by atoms with van der Waals surface area (Å²) >= 11 is 0. The second kappa shape index (κ2) is 8.07. The number of cyclic esters (lactones) is 1. The highest BCUT2D eigenvalue weighted by atomic mass is 16.5. The molecule has 1 amide bonds. The molecule has 0 bridgehead atoms. The van der Waals surface area contributed by atoms with Gasteiger partial charge in [0, 0.05) is 11.6 Å². The van der Waals surface area contributed by atoms with Crippen molar-refractivity contribution in [2.24, 2.45) is 11.3 Å². The van der Waals surface area contributed by atoms with E-state index in [9.17, 15) is 9.59 Å². The zero-order valence-electron chi connectivity index (χ0n) is 17.6. The van der Waals surface area contributed by atoms with Crippen molar-refractivity contribution >= 4 is 17.6 Å². The van der Waals surface area contributed by atoms with E-state index in [-0.39, 0.29) is 17.8 Å². The number of carbonyl (C=O) groups is 2. The quantitative estimate of drug-likeness (QED) is 0.479. The summed E-state index contributed by atoms with van der Waals surface area (Å²) in [5, 5.41) is 7.14. The Kier molecular flexibility index (Phi) is 5.09. The first-order chi connectivity index (χ1) is 15.5. The molecule has 162 valence electrons. The molecule has 3 unspecified atom stereocenters. The molecule has 1 aliphatic heterocycles. The third-order valence-electron chi connectivity index (χ3n) is 6.51. The van der Waals surface area contributed by atoms with Crippen LogP contribution in [0.15, 0.2) is 79.4 Å². The molecule has 7 nitrogen and oxygen atoms in total. The Hall–Kier alpha value is -3.74. The molecule has 7 heteroatoms. The normalized spacial score (nSPS) is 22.9. The Bertz CT molecular complexity index is 1140. The van der Waals surface area contributed by atoms with E-state index in [2.05, 4.69) is 22.0 Å². The Morgan fingerprint density at radius 3 is 2.72 bits per heavy atom. The molecule has 3 atom stereocenters. The van der Waals surface area contributed by atoms with Crippen LogP contribution >= 0.6 is 0 Å². The van der Waals surface area contributed by atoms with Crippen LogP contribution in [0.3, 0.4) is 0 Å². The van der Waals surface area contributed by atoms with Gasteiger partial charge >= 0.3 is 5.97 Å². The number of rotatable bonds is 6. The van der Waals surface area contributed by atoms with Gasteiger partial charge in [-0.1, -0.05) is 54.6 Å². The van der Waals surface area contributed by atoms with Gasteiger partial charge in [0.1, 0.15) is 12.7 Å². The minimum absolute atomic E-state index is 0.114. The fraction of sp³-hybridized carbons (Fsp3) is 0.280. The molecule has 1 N–H and O–H groups in total. The summed E-state index contributed by atoms with van der Waals surface area (Å²) in [6, 6.07) is 16.5. The number of nitrogens with one attached hydrogen (secondary N) is 1. The minimum Gasteiger partial charge on any atom is -0.465 e. The van der Waals surface area contributed by atoms with Gasteiger partial charge in [-0.3, -0.25) is 9.59 Å². The first-order valence-corrected chi connectivity index (χ1v) is 10.7. The van der Waals surface area contributed by atoms with Crippen LogP contribution < -0.4 is 5.32 Å². The van der Waals surface area contributed by atoms with Gasteiger partial charge in [-0.2, -0.15) is 5.10 Å². The van der Waals surface area contributed by atoms with Gasteiger partial charge in [0.25, 0.3) is 5.91 Å². The van der Waals surface area contributed by atoms with E-state index in [1.54, 1.807) is 0 Å². The molecule has 1 saturated heterocycles. The van der Waals surface area contributed by atoms with Crippen molar-refractivity contribution < 1.29 is 14.3 Å². The molecule has 1 saturated carbocycles. The molecule has 3 aromatic rings. The summed E-state index contributed by atoms with van der Waals surface area (Å²) in [6.07, 6.45) is 5.10. The van der Waals surface area contributed by atoms with Crippen LogP contribution in [0.1, 0.15) is 30.0 Å². The third kappa shape index (κ3) is 3.60. The largest absolute Gasteiger partial charge is 0.465 e. The lowest BCUT2D eigenvalue weighted by Crippen LogP contribution is -2.31. The molecule has 2 aromatic carbocycles. The molecule has 1 aromatic heterocycles. The van der Waals surface area contributed by atoms with E-state index in [4.69, 9.17) is 4.74 Å². The summed E-state index contributed by atoms with van der Waals surface area (Å²) in [5.74, 6) is -0.118. The maximum Gasteiger partial charge on any atom is 0.313 e. The zero-order chi connectivity index (χ0) is 22.1. The third-order valence-corrected chi connectivity index (χ3v) is 6.51. The highest BCUT2D eigenvalue weighted by Crippen LogP contribution is 2.52. The number of ether oxygens (including phenoxy) is 1. The van der Waals surface area contributed by atoms with E-state index >= 15 is 0 Å². The van der Waals surface area contributed by atoms with Crippen molar-refractivity contribution in [3.8, 4) is 0 Å². The standard InChI is InChI=1S/C25H24N4O3/c1-17-11-20-14-32-24(31)25(20,12-17)13-18-7-9-21(10-8-18)28-23(30)22(29-16-26-15-27-29)19-5-3-2-4-6-19/h2-10,15-16,20,22H,1,11-14H2,(H,28,30). The number of anilines is 1. The van der Waals surface area contributed by atoms with E-state index in [0.29, 0.717) is 25.1 Å². The van der Waals surface area contributed by atoms with Crippen LogP contribution in [0.4, 0.5) is 5.69 Å². The van der Waals surface area contributed by atoms with Crippen LogP contribution in [0.2, 0.25) is 0 Å². The van der Waals surface area contributed by atoms with Crippen LogP contribution in [-0.4, -0.2) is 33.2 Å². The summed E-state index contributed by atoms with van der Waals surface area (Å²) < 4.78 is 6.91. The van der Waals surface area contributed by atoms with E-state index in [0.717, 1.165) is 23.1 Å². The number of allylic oxidation sites excluding steroid dienone is 1. The molecule has 32 heavy (non-hydrogen) atoms. The molecule has 0 spiro atoms. The topological polar surface area (TPSA) is 86.1 Å². The minimum atomic E-state index is -0.629. The summed E-state index contributed by atoms with van der Waals surface area (Å²) in [7, 11) is 0. The predicted molar refractivity (Wildman–Crippen MR) is 119 cm³/mol. The Morgan fingerprint density at radius 1 is 1.22 bits per heavy atom. The van der Waals surface area contributed by atoms with Crippen molar-refractivity contribution in [3.05, 3.63) is 90.5 Å². The summed E-state index contributed by atoms with van der Waals surface area (Å²) in [6.45, 7) is 4.58. The van der Waals surface area contributed by atoms with E-state index < -0.39 is 11.5 Å². The van der Waals surface area contributed by atoms with Crippen molar-refractivity contribution in [1.29, 1.82) is 0 Å². The Balaban J connectivity index is 1.33. The molecule has 1 aliphatic carbocycles. The monoisotopic (exact) mass is 428 g/mol. The van der Waals surface area contributed by atoms with Crippen LogP contribution in [0.25, 0.3) is 0 Å². The van der Waals surface area contributed by atoms with Gasteiger partial charge in [-0.05, 0) is 42.5 Å². The number of benzene rings is 2. The van der Waals surface area contributed by atoms with Gasteiger partial charge in [-0.15, -0.1) is 0 Å². The van der Waals surface area contributed by atoms with E-state index in [1.165, 1.54) is 17.3 Å². The van der Waals surface area contributed by atoms with Crippen LogP contribution in [-0.2, 0) is 20.7 Å². The zero-order valence-corrected chi connectivity index (χ0v) is 17.6. The highest BCUT2D eigenvalue weighted by molar-refractivity contribution is 5.95. The van der Waals surface area contributed by atoms with Crippen LogP contribution in [0.5, 0.6) is 0 Å². The van der Waals surface area contributed by atoms with Gasteiger partial charge in [-0.25, -0.2) is 9.67 Å². The number of nitrogens with zero attached hydrogens (tertiary/aromatic N) is 3. The van der Waals surface area contributed by atoms with Crippen molar-refractivity contribution in [3.63, 3.8) is 0 Å². The fourth-order valence-electron chi connectivity index (χ4n) is 4.95. The highest BCUT2D eigenvalue weighted by Gasteiger charge is 2.55.